The van der Waals surface area contributed by atoms with Gasteiger partial charge < -0.3 is 15.1 Å². The van der Waals surface area contributed by atoms with Crippen LogP contribution in [0.3, 0.4) is 0 Å². The minimum Gasteiger partial charge on any atom is -0.451 e. The van der Waals surface area contributed by atoms with Crippen LogP contribution in [0, 0.1) is 5.92 Å². The number of nitrogens with one attached hydrogen (secondary N) is 2. The first kappa shape index (κ1) is 19.7. The van der Waals surface area contributed by atoms with Crippen molar-refractivity contribution in [3.8, 4) is 11.3 Å². The fraction of sp³-hybridized carbons (Fsp3) is 0.182. The van der Waals surface area contributed by atoms with Gasteiger partial charge in [0, 0.05) is 23.4 Å². The summed E-state index contributed by atoms with van der Waals surface area (Å²) in [5, 5.41) is 6.16. The van der Waals surface area contributed by atoms with Crippen molar-refractivity contribution in [2.45, 2.75) is 20.3 Å². The van der Waals surface area contributed by atoms with Crippen LogP contribution in [0.1, 0.15) is 30.8 Å². The second kappa shape index (κ2) is 8.76. The molecular weight excluding hydrogens is 376 g/mol. The van der Waals surface area contributed by atoms with Crippen LogP contribution in [0.25, 0.3) is 11.3 Å². The highest BCUT2D eigenvalue weighted by atomic mass is 35.5. The summed E-state index contributed by atoms with van der Waals surface area (Å²) in [5.74, 6) is 0.607. The standard InChI is InChI=1S/C22H21ClN2O3/c1-14(2)13-21(26)24-15-7-9-16(10-8-15)25-22(27)20-12-11-19(28-20)17-5-3-4-6-18(17)23/h3-12,14H,13H2,1-2H3,(H,24,26)(H,25,27). The fourth-order valence-electron chi connectivity index (χ4n) is 2.68. The summed E-state index contributed by atoms with van der Waals surface area (Å²) in [6.07, 6.45) is 0.463. The molecule has 0 aliphatic rings. The van der Waals surface area contributed by atoms with Crippen molar-refractivity contribution in [2.24, 2.45) is 5.92 Å². The van der Waals surface area contributed by atoms with Crippen LogP contribution >= 0.6 is 11.6 Å². The van der Waals surface area contributed by atoms with Crippen LogP contribution in [-0.2, 0) is 4.79 Å². The Kier molecular flexibility index (Phi) is 6.16. The lowest BCUT2D eigenvalue weighted by Crippen LogP contribution is -2.14. The zero-order valence-electron chi connectivity index (χ0n) is 15.7. The lowest BCUT2D eigenvalue weighted by Gasteiger charge is -2.08. The number of carbonyl (C=O) groups is 2. The molecule has 28 heavy (non-hydrogen) atoms. The first-order valence-electron chi connectivity index (χ1n) is 8.98. The SMILES string of the molecule is CC(C)CC(=O)Nc1ccc(NC(=O)c2ccc(-c3ccccc3Cl)o2)cc1. The molecule has 3 aromatic rings. The van der Waals surface area contributed by atoms with Gasteiger partial charge in [0.15, 0.2) is 5.76 Å². The number of anilines is 2. The molecular formula is C22H21ClN2O3. The zero-order chi connectivity index (χ0) is 20.1. The molecule has 1 aromatic heterocycles. The Labute approximate surface area is 168 Å². The lowest BCUT2D eigenvalue weighted by molar-refractivity contribution is -0.116. The summed E-state index contributed by atoms with van der Waals surface area (Å²) in [7, 11) is 0. The van der Waals surface area contributed by atoms with E-state index in [-0.39, 0.29) is 17.6 Å². The second-order valence-electron chi connectivity index (χ2n) is 6.82. The fourth-order valence-corrected chi connectivity index (χ4v) is 2.91. The largest absolute Gasteiger partial charge is 0.451 e. The molecule has 5 nitrogen and oxygen atoms in total. The van der Waals surface area contributed by atoms with E-state index in [4.69, 9.17) is 16.0 Å². The molecule has 0 aliphatic heterocycles. The molecule has 0 radical (unpaired) electrons. The molecule has 144 valence electrons. The van der Waals surface area contributed by atoms with Gasteiger partial charge in [-0.25, -0.2) is 0 Å². The third kappa shape index (κ3) is 5.02. The maximum absolute atomic E-state index is 12.4. The van der Waals surface area contributed by atoms with E-state index in [0.29, 0.717) is 34.5 Å². The molecule has 0 bridgehead atoms. The average molecular weight is 397 g/mol. The van der Waals surface area contributed by atoms with Crippen LogP contribution in [0.15, 0.2) is 65.1 Å². The number of hydrogen-bond acceptors (Lipinski definition) is 3. The maximum atomic E-state index is 12.4. The van der Waals surface area contributed by atoms with Crippen molar-refractivity contribution in [3.05, 3.63) is 71.4 Å². The number of halogens is 1. The van der Waals surface area contributed by atoms with Gasteiger partial charge in [-0.3, -0.25) is 9.59 Å². The van der Waals surface area contributed by atoms with Crippen molar-refractivity contribution in [3.63, 3.8) is 0 Å². The number of furan rings is 1. The lowest BCUT2D eigenvalue weighted by atomic mass is 10.1. The van der Waals surface area contributed by atoms with Gasteiger partial charge in [0.1, 0.15) is 5.76 Å². The van der Waals surface area contributed by atoms with E-state index in [2.05, 4.69) is 10.6 Å². The van der Waals surface area contributed by atoms with E-state index in [9.17, 15) is 9.59 Å². The molecule has 0 atom stereocenters. The molecule has 0 saturated heterocycles. The third-order valence-electron chi connectivity index (χ3n) is 3.99. The van der Waals surface area contributed by atoms with Crippen molar-refractivity contribution in [1.29, 1.82) is 0 Å². The van der Waals surface area contributed by atoms with Crippen LogP contribution < -0.4 is 10.6 Å². The molecule has 2 N–H and O–H groups in total. The molecule has 0 unspecified atom stereocenters. The molecule has 0 saturated carbocycles. The van der Waals surface area contributed by atoms with E-state index in [1.807, 2.05) is 32.0 Å². The predicted octanol–water partition coefficient (Wildman–Crippen LogP) is 5.84. The maximum Gasteiger partial charge on any atom is 0.291 e. The summed E-state index contributed by atoms with van der Waals surface area (Å²) < 4.78 is 5.64. The van der Waals surface area contributed by atoms with Gasteiger partial charge in [0.25, 0.3) is 5.91 Å². The van der Waals surface area contributed by atoms with Crippen molar-refractivity contribution in [2.75, 3.05) is 10.6 Å². The molecule has 3 rings (SSSR count). The minimum atomic E-state index is -0.366. The zero-order valence-corrected chi connectivity index (χ0v) is 16.4. The number of hydrogen-bond donors (Lipinski definition) is 2. The topological polar surface area (TPSA) is 71.3 Å². The summed E-state index contributed by atoms with van der Waals surface area (Å²) in [5.41, 5.74) is 2.01. The van der Waals surface area contributed by atoms with Gasteiger partial charge in [-0.1, -0.05) is 37.6 Å². The Morgan fingerprint density at radius 2 is 1.57 bits per heavy atom. The normalized spacial score (nSPS) is 10.7. The van der Waals surface area contributed by atoms with Crippen LogP contribution in [-0.4, -0.2) is 11.8 Å². The van der Waals surface area contributed by atoms with Gasteiger partial charge in [-0.15, -0.1) is 0 Å². The van der Waals surface area contributed by atoms with E-state index in [1.54, 1.807) is 42.5 Å². The van der Waals surface area contributed by atoms with Crippen molar-refractivity contribution < 1.29 is 14.0 Å². The molecule has 0 spiro atoms. The summed E-state index contributed by atoms with van der Waals surface area (Å²) >= 11 is 6.17. The van der Waals surface area contributed by atoms with Crippen LogP contribution in [0.2, 0.25) is 5.02 Å². The molecule has 2 amide bonds. The summed E-state index contributed by atoms with van der Waals surface area (Å²) in [6, 6.07) is 17.5. The van der Waals surface area contributed by atoms with Gasteiger partial charge in [0.05, 0.1) is 5.02 Å². The molecule has 2 aromatic carbocycles. The highest BCUT2D eigenvalue weighted by Gasteiger charge is 2.14. The number of amides is 2. The Morgan fingerprint density at radius 3 is 2.21 bits per heavy atom. The average Bonchev–Trinajstić information content (AvgIpc) is 3.13. The van der Waals surface area contributed by atoms with Crippen LogP contribution in [0.4, 0.5) is 11.4 Å². The van der Waals surface area contributed by atoms with E-state index in [0.717, 1.165) is 5.56 Å². The van der Waals surface area contributed by atoms with Gasteiger partial charge in [0.2, 0.25) is 5.91 Å². The van der Waals surface area contributed by atoms with Gasteiger partial charge >= 0.3 is 0 Å². The number of carbonyl (C=O) groups excluding carboxylic acids is 2. The first-order chi connectivity index (χ1) is 13.4. The van der Waals surface area contributed by atoms with Gasteiger partial charge in [-0.2, -0.15) is 0 Å². The smallest absolute Gasteiger partial charge is 0.291 e. The molecule has 6 heteroatoms. The highest BCUT2D eigenvalue weighted by molar-refractivity contribution is 6.33. The minimum absolute atomic E-state index is 0.0329. The third-order valence-corrected chi connectivity index (χ3v) is 4.32. The summed E-state index contributed by atoms with van der Waals surface area (Å²) in [4.78, 5) is 24.2. The van der Waals surface area contributed by atoms with Crippen molar-refractivity contribution in [1.82, 2.24) is 0 Å². The number of rotatable bonds is 6. The van der Waals surface area contributed by atoms with Crippen molar-refractivity contribution >= 4 is 34.8 Å². The first-order valence-corrected chi connectivity index (χ1v) is 9.36. The van der Waals surface area contributed by atoms with Crippen LogP contribution in [0.5, 0.6) is 0 Å². The van der Waals surface area contributed by atoms with E-state index >= 15 is 0 Å². The van der Waals surface area contributed by atoms with E-state index < -0.39 is 0 Å². The Morgan fingerprint density at radius 1 is 0.929 bits per heavy atom. The Hall–Kier alpha value is -3.05. The second-order valence-corrected chi connectivity index (χ2v) is 7.23. The molecule has 0 aliphatic carbocycles. The Bertz CT molecular complexity index is 977. The highest BCUT2D eigenvalue weighted by Crippen LogP contribution is 2.29. The summed E-state index contributed by atoms with van der Waals surface area (Å²) in [6.45, 7) is 3.98. The van der Waals surface area contributed by atoms with Gasteiger partial charge in [-0.05, 0) is 54.4 Å². The Balaban J connectivity index is 1.64. The van der Waals surface area contributed by atoms with E-state index in [1.165, 1.54) is 0 Å². The number of benzene rings is 2. The quantitative estimate of drug-likeness (QED) is 0.550. The molecule has 1 heterocycles. The predicted molar refractivity (Wildman–Crippen MR) is 112 cm³/mol. The monoisotopic (exact) mass is 396 g/mol. The molecule has 0 fully saturated rings.